The summed E-state index contributed by atoms with van der Waals surface area (Å²) in [6.45, 7) is 4.45. The number of carbonyl (C=O) groups excluding carboxylic acids is 3. The number of benzene rings is 2. The molecule has 0 aliphatic heterocycles. The summed E-state index contributed by atoms with van der Waals surface area (Å²) in [6.07, 6.45) is 0. The van der Waals surface area contributed by atoms with Crippen LogP contribution >= 0.6 is 0 Å². The fourth-order valence-corrected chi connectivity index (χ4v) is 3.31. The van der Waals surface area contributed by atoms with E-state index in [1.165, 1.54) is 14.0 Å². The van der Waals surface area contributed by atoms with E-state index in [1.54, 1.807) is 25.1 Å². The third kappa shape index (κ3) is 4.98. The molecule has 0 aliphatic carbocycles. The number of nitrogens with zero attached hydrogens (tertiary/aromatic N) is 1. The number of aromatic nitrogens is 1. The molecule has 3 aromatic rings. The van der Waals surface area contributed by atoms with Crippen LogP contribution in [0.15, 0.2) is 42.5 Å². The van der Waals surface area contributed by atoms with Crippen molar-refractivity contribution >= 4 is 40.1 Å². The van der Waals surface area contributed by atoms with Crippen molar-refractivity contribution in [3.8, 4) is 5.75 Å². The first kappa shape index (κ1) is 21.8. The number of rotatable bonds is 6. The molecule has 2 N–H and O–H groups in total. The molecule has 1 aromatic heterocycles. The molecule has 0 fully saturated rings. The number of hydrogen-bond acceptors (Lipinski definition) is 6. The third-order valence-electron chi connectivity index (χ3n) is 4.67. The van der Waals surface area contributed by atoms with Crippen LogP contribution in [0, 0.1) is 13.8 Å². The molecule has 31 heavy (non-hydrogen) atoms. The van der Waals surface area contributed by atoms with E-state index in [4.69, 9.17) is 9.47 Å². The summed E-state index contributed by atoms with van der Waals surface area (Å²) in [6, 6.07) is 12.3. The molecule has 8 heteroatoms. The number of para-hydroxylation sites is 1. The van der Waals surface area contributed by atoms with Crippen molar-refractivity contribution in [3.63, 3.8) is 0 Å². The van der Waals surface area contributed by atoms with Gasteiger partial charge in [0.15, 0.2) is 6.61 Å². The highest BCUT2D eigenvalue weighted by Crippen LogP contribution is 2.28. The molecule has 2 amide bonds. The molecule has 1 heterocycles. The lowest BCUT2D eigenvalue weighted by molar-refractivity contribution is -0.119. The molecule has 0 spiro atoms. The summed E-state index contributed by atoms with van der Waals surface area (Å²) in [4.78, 5) is 40.8. The maximum Gasteiger partial charge on any atom is 0.340 e. The Bertz CT molecular complexity index is 1170. The Labute approximate surface area is 179 Å². The predicted octanol–water partition coefficient (Wildman–Crippen LogP) is 3.61. The number of pyridine rings is 1. The molecule has 2 aromatic carbocycles. The Morgan fingerprint density at radius 3 is 2.48 bits per heavy atom. The minimum absolute atomic E-state index is 0.244. The van der Waals surface area contributed by atoms with Gasteiger partial charge in [-0.3, -0.25) is 14.6 Å². The molecule has 8 nitrogen and oxygen atoms in total. The minimum Gasteiger partial charge on any atom is -0.495 e. The highest BCUT2D eigenvalue weighted by Gasteiger charge is 2.19. The zero-order valence-corrected chi connectivity index (χ0v) is 17.7. The second-order valence-electron chi connectivity index (χ2n) is 6.93. The van der Waals surface area contributed by atoms with Gasteiger partial charge in [-0.05, 0) is 43.7 Å². The molecule has 3 rings (SSSR count). The van der Waals surface area contributed by atoms with Gasteiger partial charge in [-0.1, -0.05) is 18.2 Å². The van der Waals surface area contributed by atoms with E-state index in [0.29, 0.717) is 28.4 Å². The second kappa shape index (κ2) is 9.25. The van der Waals surface area contributed by atoms with Crippen molar-refractivity contribution in [1.29, 1.82) is 0 Å². The zero-order valence-electron chi connectivity index (χ0n) is 17.7. The maximum atomic E-state index is 12.7. The van der Waals surface area contributed by atoms with E-state index in [-0.39, 0.29) is 5.91 Å². The number of carbonyl (C=O) groups is 3. The van der Waals surface area contributed by atoms with Crippen molar-refractivity contribution in [3.05, 3.63) is 59.3 Å². The predicted molar refractivity (Wildman–Crippen MR) is 117 cm³/mol. The minimum atomic E-state index is -0.623. The summed E-state index contributed by atoms with van der Waals surface area (Å²) < 4.78 is 10.5. The third-order valence-corrected chi connectivity index (χ3v) is 4.67. The van der Waals surface area contributed by atoms with Crippen LogP contribution < -0.4 is 15.4 Å². The van der Waals surface area contributed by atoms with Crippen LogP contribution in [0.2, 0.25) is 0 Å². The average molecular weight is 421 g/mol. The second-order valence-corrected chi connectivity index (χ2v) is 6.93. The van der Waals surface area contributed by atoms with Gasteiger partial charge in [0.1, 0.15) is 5.75 Å². The molecule has 160 valence electrons. The Morgan fingerprint density at radius 1 is 1.03 bits per heavy atom. The van der Waals surface area contributed by atoms with Crippen LogP contribution in [0.4, 0.5) is 11.4 Å². The van der Waals surface area contributed by atoms with Crippen molar-refractivity contribution < 1.29 is 23.9 Å². The fourth-order valence-electron chi connectivity index (χ4n) is 3.31. The first-order chi connectivity index (χ1) is 14.8. The van der Waals surface area contributed by atoms with Gasteiger partial charge in [0, 0.05) is 18.0 Å². The highest BCUT2D eigenvalue weighted by molar-refractivity contribution is 6.00. The van der Waals surface area contributed by atoms with Gasteiger partial charge in [-0.25, -0.2) is 4.79 Å². The first-order valence-electron chi connectivity index (χ1n) is 9.58. The summed E-state index contributed by atoms with van der Waals surface area (Å²) in [5.74, 6) is -1.01. The Morgan fingerprint density at radius 2 is 1.77 bits per heavy atom. The standard InChI is InChI=1S/C23H23N3O5/c1-13-17-7-5-6-8-18(17)24-14(2)22(13)23(29)31-12-21(28)26-19-11-16(25-15(3)27)9-10-20(19)30-4/h5-11H,12H2,1-4H3,(H,25,27)(H,26,28). The highest BCUT2D eigenvalue weighted by atomic mass is 16.5. The van der Waals surface area contributed by atoms with Crippen LogP contribution in [0.25, 0.3) is 10.9 Å². The number of hydrogen-bond donors (Lipinski definition) is 2. The molecule has 0 aliphatic rings. The van der Waals surface area contributed by atoms with Crippen LogP contribution in [0.1, 0.15) is 28.5 Å². The summed E-state index contributed by atoms with van der Waals surface area (Å²) in [5.41, 5.74) is 3.25. The van der Waals surface area contributed by atoms with Crippen molar-refractivity contribution in [2.75, 3.05) is 24.4 Å². The van der Waals surface area contributed by atoms with E-state index in [0.717, 1.165) is 16.5 Å². The van der Waals surface area contributed by atoms with Gasteiger partial charge in [0.05, 0.1) is 29.6 Å². The van der Waals surface area contributed by atoms with Crippen LogP contribution in [-0.2, 0) is 14.3 Å². The van der Waals surface area contributed by atoms with E-state index in [1.807, 2.05) is 31.2 Å². The molecule has 0 radical (unpaired) electrons. The molecular formula is C23H23N3O5. The van der Waals surface area contributed by atoms with Gasteiger partial charge in [0.2, 0.25) is 5.91 Å². The van der Waals surface area contributed by atoms with Gasteiger partial charge < -0.3 is 20.1 Å². The number of aryl methyl sites for hydroxylation is 2. The van der Waals surface area contributed by atoms with Gasteiger partial charge in [-0.15, -0.1) is 0 Å². The van der Waals surface area contributed by atoms with E-state index in [2.05, 4.69) is 15.6 Å². The largest absolute Gasteiger partial charge is 0.495 e. The van der Waals surface area contributed by atoms with Crippen LogP contribution in [-0.4, -0.2) is 36.5 Å². The monoisotopic (exact) mass is 421 g/mol. The number of fused-ring (bicyclic) bond motifs is 1. The van der Waals surface area contributed by atoms with Crippen molar-refractivity contribution in [1.82, 2.24) is 4.98 Å². The summed E-state index contributed by atoms with van der Waals surface area (Å²) >= 11 is 0. The van der Waals surface area contributed by atoms with Gasteiger partial charge in [-0.2, -0.15) is 0 Å². The Balaban J connectivity index is 1.72. The van der Waals surface area contributed by atoms with E-state index >= 15 is 0 Å². The molecule has 0 saturated heterocycles. The molecule has 0 saturated carbocycles. The smallest absolute Gasteiger partial charge is 0.340 e. The lowest BCUT2D eigenvalue weighted by atomic mass is 10.0. The van der Waals surface area contributed by atoms with Crippen molar-refractivity contribution in [2.45, 2.75) is 20.8 Å². The number of methoxy groups -OCH3 is 1. The Kier molecular flexibility index (Phi) is 6.49. The normalized spacial score (nSPS) is 10.5. The number of anilines is 2. The first-order valence-corrected chi connectivity index (χ1v) is 9.58. The average Bonchev–Trinajstić information content (AvgIpc) is 2.72. The lowest BCUT2D eigenvalue weighted by Crippen LogP contribution is -2.22. The molecule has 0 atom stereocenters. The molecule has 0 unspecified atom stereocenters. The Hall–Kier alpha value is -3.94. The van der Waals surface area contributed by atoms with Crippen LogP contribution in [0.3, 0.4) is 0 Å². The zero-order chi connectivity index (χ0) is 22.5. The van der Waals surface area contributed by atoms with Gasteiger partial charge in [0.25, 0.3) is 5.91 Å². The number of amides is 2. The lowest BCUT2D eigenvalue weighted by Gasteiger charge is -2.14. The van der Waals surface area contributed by atoms with E-state index < -0.39 is 18.5 Å². The summed E-state index contributed by atoms with van der Waals surface area (Å²) in [7, 11) is 1.46. The van der Waals surface area contributed by atoms with Gasteiger partial charge >= 0.3 is 5.97 Å². The molecule has 0 bridgehead atoms. The SMILES string of the molecule is COc1ccc(NC(C)=O)cc1NC(=O)COC(=O)c1c(C)nc2ccccc2c1C. The maximum absolute atomic E-state index is 12.7. The van der Waals surface area contributed by atoms with E-state index in [9.17, 15) is 14.4 Å². The topological polar surface area (TPSA) is 107 Å². The number of nitrogens with one attached hydrogen (secondary N) is 2. The van der Waals surface area contributed by atoms with Crippen LogP contribution in [0.5, 0.6) is 5.75 Å². The molecular weight excluding hydrogens is 398 g/mol. The number of ether oxygens (including phenoxy) is 2. The van der Waals surface area contributed by atoms with Crippen molar-refractivity contribution in [2.24, 2.45) is 0 Å². The fraction of sp³-hybridized carbons (Fsp3) is 0.217. The quantitative estimate of drug-likeness (QED) is 0.589. The number of esters is 1. The summed E-state index contributed by atoms with van der Waals surface area (Å²) in [5, 5.41) is 6.11.